The van der Waals surface area contributed by atoms with Gasteiger partial charge in [-0.15, -0.1) is 11.3 Å². The molecule has 0 bridgehead atoms. The predicted molar refractivity (Wildman–Crippen MR) is 114 cm³/mol. The van der Waals surface area contributed by atoms with E-state index in [1.807, 2.05) is 60.7 Å². The fourth-order valence-corrected chi connectivity index (χ4v) is 3.82. The second-order valence-corrected chi connectivity index (χ2v) is 7.37. The Kier molecular flexibility index (Phi) is 5.01. The Labute approximate surface area is 166 Å². The number of para-hydroxylation sites is 2. The molecule has 1 amide bonds. The summed E-state index contributed by atoms with van der Waals surface area (Å²) in [6.07, 6.45) is 3.27. The highest BCUT2D eigenvalue weighted by atomic mass is 35.5. The van der Waals surface area contributed by atoms with Crippen molar-refractivity contribution in [2.45, 2.75) is 0 Å². The molecular weight excluding hydrogens is 376 g/mol. The number of carbonyl (C=O) groups is 1. The van der Waals surface area contributed by atoms with Gasteiger partial charge in [-0.2, -0.15) is 0 Å². The lowest BCUT2D eigenvalue weighted by Crippen LogP contribution is -2.08. The fraction of sp³-hybridized carbons (Fsp3) is 0. The van der Waals surface area contributed by atoms with Crippen molar-refractivity contribution < 1.29 is 4.79 Å². The molecule has 0 aliphatic carbocycles. The molecule has 1 aromatic heterocycles. The number of anilines is 1. The van der Waals surface area contributed by atoms with Crippen LogP contribution in [0.15, 0.2) is 78.9 Å². The molecule has 0 unspecified atom stereocenters. The zero-order valence-corrected chi connectivity index (χ0v) is 15.8. The third-order valence-corrected chi connectivity index (χ3v) is 5.33. The molecule has 0 saturated heterocycles. The molecule has 3 aromatic carbocycles. The van der Waals surface area contributed by atoms with Crippen LogP contribution in [0.2, 0.25) is 5.02 Å². The van der Waals surface area contributed by atoms with Gasteiger partial charge in [-0.25, -0.2) is 4.98 Å². The lowest BCUT2D eigenvalue weighted by atomic mass is 10.1. The molecule has 3 nitrogen and oxygen atoms in total. The van der Waals surface area contributed by atoms with Gasteiger partial charge in [-0.05, 0) is 48.0 Å². The Hall–Kier alpha value is -2.95. The Morgan fingerprint density at radius 1 is 0.963 bits per heavy atom. The SMILES string of the molecule is O=C(C=Cc1ccc(Cl)cc1)Nc1ccccc1-c1nc2ccccc2s1. The number of amides is 1. The monoisotopic (exact) mass is 390 g/mol. The standard InChI is InChI=1S/C22H15ClN2OS/c23-16-12-9-15(10-13-16)11-14-21(26)24-18-6-2-1-5-17(18)22-25-19-7-3-4-8-20(19)27-22/h1-14H,(H,24,26). The lowest BCUT2D eigenvalue weighted by molar-refractivity contribution is -0.111. The average Bonchev–Trinajstić information content (AvgIpc) is 3.12. The van der Waals surface area contributed by atoms with E-state index in [1.54, 1.807) is 29.5 Å². The van der Waals surface area contributed by atoms with Gasteiger partial charge in [0.05, 0.1) is 15.9 Å². The molecule has 5 heteroatoms. The Morgan fingerprint density at radius 3 is 2.52 bits per heavy atom. The van der Waals surface area contributed by atoms with Gasteiger partial charge in [-0.3, -0.25) is 4.79 Å². The predicted octanol–water partition coefficient (Wildman–Crippen LogP) is 6.27. The maximum absolute atomic E-state index is 12.4. The van der Waals surface area contributed by atoms with Crippen LogP contribution in [-0.2, 0) is 4.79 Å². The van der Waals surface area contributed by atoms with Gasteiger partial charge in [0.1, 0.15) is 5.01 Å². The van der Waals surface area contributed by atoms with Gasteiger partial charge in [0.25, 0.3) is 0 Å². The minimum Gasteiger partial charge on any atom is -0.322 e. The number of rotatable bonds is 4. The van der Waals surface area contributed by atoms with Gasteiger partial charge in [0.2, 0.25) is 5.91 Å². The maximum Gasteiger partial charge on any atom is 0.248 e. The third kappa shape index (κ3) is 4.08. The van der Waals surface area contributed by atoms with Crippen LogP contribution in [0.25, 0.3) is 26.9 Å². The Morgan fingerprint density at radius 2 is 1.70 bits per heavy atom. The zero-order valence-electron chi connectivity index (χ0n) is 14.2. The van der Waals surface area contributed by atoms with Crippen LogP contribution in [0, 0.1) is 0 Å². The second-order valence-electron chi connectivity index (χ2n) is 5.91. The van der Waals surface area contributed by atoms with Crippen LogP contribution in [0.4, 0.5) is 5.69 Å². The van der Waals surface area contributed by atoms with Gasteiger partial charge in [0, 0.05) is 16.7 Å². The molecule has 0 atom stereocenters. The van der Waals surface area contributed by atoms with Crippen LogP contribution >= 0.6 is 22.9 Å². The number of thiazole rings is 1. The van der Waals surface area contributed by atoms with Crippen LogP contribution in [0.3, 0.4) is 0 Å². The maximum atomic E-state index is 12.4. The number of nitrogens with one attached hydrogen (secondary N) is 1. The summed E-state index contributed by atoms with van der Waals surface area (Å²) < 4.78 is 1.12. The quantitative estimate of drug-likeness (QED) is 0.417. The van der Waals surface area contributed by atoms with Crippen molar-refractivity contribution in [2.24, 2.45) is 0 Å². The Balaban J connectivity index is 1.57. The van der Waals surface area contributed by atoms with E-state index >= 15 is 0 Å². The highest BCUT2D eigenvalue weighted by Crippen LogP contribution is 2.34. The van der Waals surface area contributed by atoms with Gasteiger partial charge >= 0.3 is 0 Å². The summed E-state index contributed by atoms with van der Waals surface area (Å²) in [5.74, 6) is -0.196. The number of aromatic nitrogens is 1. The summed E-state index contributed by atoms with van der Waals surface area (Å²) >= 11 is 7.49. The van der Waals surface area contributed by atoms with Crippen LogP contribution < -0.4 is 5.32 Å². The van der Waals surface area contributed by atoms with Crippen molar-refractivity contribution in [3.8, 4) is 10.6 Å². The van der Waals surface area contributed by atoms with E-state index in [2.05, 4.69) is 10.3 Å². The minimum absolute atomic E-state index is 0.196. The largest absolute Gasteiger partial charge is 0.322 e. The van der Waals surface area contributed by atoms with Crippen molar-refractivity contribution in [1.82, 2.24) is 4.98 Å². The Bertz CT molecular complexity index is 1100. The molecule has 1 heterocycles. The summed E-state index contributed by atoms with van der Waals surface area (Å²) in [7, 11) is 0. The molecule has 0 saturated carbocycles. The second kappa shape index (κ2) is 7.74. The number of benzene rings is 3. The normalized spacial score (nSPS) is 11.1. The molecule has 0 fully saturated rings. The molecule has 1 N–H and O–H groups in total. The molecule has 0 aliphatic heterocycles. The van der Waals surface area contributed by atoms with Gasteiger partial charge in [-0.1, -0.05) is 48.0 Å². The number of hydrogen-bond acceptors (Lipinski definition) is 3. The molecule has 27 heavy (non-hydrogen) atoms. The average molecular weight is 391 g/mol. The summed E-state index contributed by atoms with van der Waals surface area (Å²) in [4.78, 5) is 17.1. The first-order chi connectivity index (χ1) is 13.2. The number of halogens is 1. The number of fused-ring (bicyclic) bond motifs is 1. The smallest absolute Gasteiger partial charge is 0.248 e. The number of hydrogen-bond donors (Lipinski definition) is 1. The summed E-state index contributed by atoms with van der Waals surface area (Å²) in [5, 5.41) is 4.50. The molecule has 0 spiro atoms. The van der Waals surface area contributed by atoms with Crippen LogP contribution in [0.5, 0.6) is 0 Å². The molecular formula is C22H15ClN2OS. The van der Waals surface area contributed by atoms with E-state index < -0.39 is 0 Å². The summed E-state index contributed by atoms with van der Waals surface area (Å²) in [6.45, 7) is 0. The van der Waals surface area contributed by atoms with E-state index in [-0.39, 0.29) is 5.91 Å². The van der Waals surface area contributed by atoms with Crippen molar-refractivity contribution >= 4 is 50.8 Å². The highest BCUT2D eigenvalue weighted by Gasteiger charge is 2.11. The van der Waals surface area contributed by atoms with E-state index in [4.69, 9.17) is 11.6 Å². The molecule has 0 aliphatic rings. The van der Waals surface area contributed by atoms with E-state index in [1.165, 1.54) is 6.08 Å². The van der Waals surface area contributed by atoms with Crippen molar-refractivity contribution in [2.75, 3.05) is 5.32 Å². The summed E-state index contributed by atoms with van der Waals surface area (Å²) in [6, 6.07) is 23.0. The molecule has 4 rings (SSSR count). The first kappa shape index (κ1) is 17.5. The first-order valence-electron chi connectivity index (χ1n) is 8.39. The van der Waals surface area contributed by atoms with Crippen molar-refractivity contribution in [1.29, 1.82) is 0 Å². The minimum atomic E-state index is -0.196. The molecule has 0 radical (unpaired) electrons. The lowest BCUT2D eigenvalue weighted by Gasteiger charge is -2.07. The number of carbonyl (C=O) groups excluding carboxylic acids is 1. The first-order valence-corrected chi connectivity index (χ1v) is 9.58. The molecule has 132 valence electrons. The van der Waals surface area contributed by atoms with E-state index in [0.717, 1.165) is 32.0 Å². The van der Waals surface area contributed by atoms with Gasteiger partial charge in [0.15, 0.2) is 0 Å². The van der Waals surface area contributed by atoms with Crippen molar-refractivity contribution in [3.63, 3.8) is 0 Å². The van der Waals surface area contributed by atoms with Crippen molar-refractivity contribution in [3.05, 3.63) is 89.5 Å². The fourth-order valence-electron chi connectivity index (χ4n) is 2.69. The van der Waals surface area contributed by atoms with Crippen LogP contribution in [-0.4, -0.2) is 10.9 Å². The van der Waals surface area contributed by atoms with E-state index in [9.17, 15) is 4.79 Å². The van der Waals surface area contributed by atoms with E-state index in [0.29, 0.717) is 5.02 Å². The third-order valence-electron chi connectivity index (χ3n) is 4.01. The van der Waals surface area contributed by atoms with Gasteiger partial charge < -0.3 is 5.32 Å². The number of nitrogens with zero attached hydrogens (tertiary/aromatic N) is 1. The highest BCUT2D eigenvalue weighted by molar-refractivity contribution is 7.21. The van der Waals surface area contributed by atoms with Crippen LogP contribution in [0.1, 0.15) is 5.56 Å². The summed E-state index contributed by atoms with van der Waals surface area (Å²) in [5.41, 5.74) is 3.52. The topological polar surface area (TPSA) is 42.0 Å². The zero-order chi connectivity index (χ0) is 18.6. The molecule has 4 aromatic rings.